The lowest BCUT2D eigenvalue weighted by Crippen LogP contribution is -2.38. The lowest BCUT2D eigenvalue weighted by atomic mass is 9.83. The van der Waals surface area contributed by atoms with E-state index in [1.54, 1.807) is 6.92 Å². The number of hydrogen-bond donors (Lipinski definition) is 1. The zero-order valence-corrected chi connectivity index (χ0v) is 18.2. The first-order chi connectivity index (χ1) is 13.4. The normalized spacial score (nSPS) is 28.3. The van der Waals surface area contributed by atoms with Gasteiger partial charge >= 0.3 is 0 Å². The summed E-state index contributed by atoms with van der Waals surface area (Å²) in [5.41, 5.74) is 0. The first-order valence-electron chi connectivity index (χ1n) is 11.4. The molecule has 0 aromatic carbocycles. The van der Waals surface area contributed by atoms with Crippen LogP contribution in [0.2, 0.25) is 0 Å². The Morgan fingerprint density at radius 1 is 0.929 bits per heavy atom. The van der Waals surface area contributed by atoms with Crippen LogP contribution in [0.3, 0.4) is 0 Å². The second-order valence-corrected chi connectivity index (χ2v) is 9.17. The van der Waals surface area contributed by atoms with E-state index in [-0.39, 0.29) is 17.9 Å². The maximum atomic E-state index is 12.1. The molecule has 2 saturated carbocycles. The lowest BCUT2D eigenvalue weighted by molar-refractivity contribution is -0.123. The van der Waals surface area contributed by atoms with Gasteiger partial charge in [0.15, 0.2) is 0 Å². The Morgan fingerprint density at radius 3 is 2.11 bits per heavy atom. The molecular weight excluding hydrogens is 354 g/mol. The van der Waals surface area contributed by atoms with Gasteiger partial charge in [0.05, 0.1) is 6.10 Å². The number of carbonyl (C=O) groups is 2. The van der Waals surface area contributed by atoms with Crippen LogP contribution in [0, 0.1) is 17.8 Å². The van der Waals surface area contributed by atoms with E-state index in [1.165, 1.54) is 25.7 Å². The maximum Gasteiger partial charge on any atom is 0.220 e. The van der Waals surface area contributed by atoms with Crippen LogP contribution >= 0.6 is 0 Å². The van der Waals surface area contributed by atoms with E-state index in [1.807, 2.05) is 0 Å². The molecule has 1 N–H and O–H groups in total. The van der Waals surface area contributed by atoms with Gasteiger partial charge in [-0.15, -0.1) is 0 Å². The fraction of sp³-hybridized carbons (Fsp3) is 0.913. The standard InChI is InChI=1S/C23H41NO4/c1-17(2)28-16-20-8-6-19(7-9-20)15-27-14-4-5-23(26)24-22-12-10-21(11-13-22)18(3)25/h17,19-22H,4-16H2,1-3H3,(H,24,26). The Bertz CT molecular complexity index is 463. The van der Waals surface area contributed by atoms with Gasteiger partial charge < -0.3 is 14.8 Å². The number of Topliss-reactive ketones (excluding diaryl/α,β-unsaturated/α-hetero) is 1. The second-order valence-electron chi connectivity index (χ2n) is 9.17. The van der Waals surface area contributed by atoms with Crippen molar-refractivity contribution in [3.63, 3.8) is 0 Å². The minimum atomic E-state index is 0.125. The van der Waals surface area contributed by atoms with Crippen molar-refractivity contribution >= 4 is 11.7 Å². The molecule has 2 fully saturated rings. The molecule has 1 amide bonds. The molecule has 2 rings (SSSR count). The van der Waals surface area contributed by atoms with E-state index in [0.717, 1.165) is 45.3 Å². The largest absolute Gasteiger partial charge is 0.381 e. The highest BCUT2D eigenvalue weighted by Crippen LogP contribution is 2.29. The number of rotatable bonds is 11. The highest BCUT2D eigenvalue weighted by atomic mass is 16.5. The van der Waals surface area contributed by atoms with Gasteiger partial charge in [-0.1, -0.05) is 0 Å². The van der Waals surface area contributed by atoms with Crippen LogP contribution in [0.5, 0.6) is 0 Å². The van der Waals surface area contributed by atoms with Crippen molar-refractivity contribution < 1.29 is 19.1 Å². The predicted octanol–water partition coefficient (Wildman–Crippen LogP) is 4.28. The number of ether oxygens (including phenoxy) is 2. The van der Waals surface area contributed by atoms with E-state index >= 15 is 0 Å². The third-order valence-corrected chi connectivity index (χ3v) is 6.34. The third kappa shape index (κ3) is 9.04. The Hall–Kier alpha value is -0.940. The van der Waals surface area contributed by atoms with Gasteiger partial charge in [-0.05, 0) is 90.4 Å². The molecule has 2 aliphatic carbocycles. The Morgan fingerprint density at radius 2 is 1.54 bits per heavy atom. The van der Waals surface area contributed by atoms with Crippen LogP contribution in [-0.2, 0) is 19.1 Å². The van der Waals surface area contributed by atoms with E-state index < -0.39 is 0 Å². The predicted molar refractivity (Wildman–Crippen MR) is 111 cm³/mol. The minimum absolute atomic E-state index is 0.125. The van der Waals surface area contributed by atoms with Crippen molar-refractivity contribution in [2.75, 3.05) is 19.8 Å². The van der Waals surface area contributed by atoms with E-state index in [2.05, 4.69) is 19.2 Å². The fourth-order valence-electron chi connectivity index (χ4n) is 4.42. The van der Waals surface area contributed by atoms with Gasteiger partial charge in [-0.25, -0.2) is 0 Å². The number of amides is 1. The number of ketones is 1. The molecule has 0 aliphatic heterocycles. The zero-order chi connectivity index (χ0) is 20.4. The van der Waals surface area contributed by atoms with Crippen LogP contribution < -0.4 is 5.32 Å². The molecule has 0 spiro atoms. The summed E-state index contributed by atoms with van der Waals surface area (Å²) < 4.78 is 11.6. The molecular formula is C23H41NO4. The molecule has 0 heterocycles. The van der Waals surface area contributed by atoms with Crippen molar-refractivity contribution in [3.05, 3.63) is 0 Å². The molecule has 0 atom stereocenters. The molecule has 28 heavy (non-hydrogen) atoms. The van der Waals surface area contributed by atoms with Crippen molar-refractivity contribution in [2.24, 2.45) is 17.8 Å². The Labute approximate surface area is 171 Å². The summed E-state index contributed by atoms with van der Waals surface area (Å²) in [5, 5.41) is 3.13. The summed E-state index contributed by atoms with van der Waals surface area (Å²) in [7, 11) is 0. The van der Waals surface area contributed by atoms with Gasteiger partial charge in [0.25, 0.3) is 0 Å². The monoisotopic (exact) mass is 395 g/mol. The Balaban J connectivity index is 1.45. The molecule has 0 bridgehead atoms. The second kappa shape index (κ2) is 12.6. The molecule has 0 unspecified atom stereocenters. The van der Waals surface area contributed by atoms with E-state index in [4.69, 9.17) is 9.47 Å². The van der Waals surface area contributed by atoms with Gasteiger partial charge in [0, 0.05) is 38.2 Å². The van der Waals surface area contributed by atoms with Gasteiger partial charge in [0.1, 0.15) is 5.78 Å². The van der Waals surface area contributed by atoms with Crippen molar-refractivity contribution in [3.8, 4) is 0 Å². The van der Waals surface area contributed by atoms with Crippen LogP contribution in [-0.4, -0.2) is 43.7 Å². The molecule has 5 nitrogen and oxygen atoms in total. The summed E-state index contributed by atoms with van der Waals surface area (Å²) in [4.78, 5) is 23.5. The van der Waals surface area contributed by atoms with Crippen molar-refractivity contribution in [1.82, 2.24) is 5.32 Å². The van der Waals surface area contributed by atoms with Crippen LogP contribution in [0.1, 0.15) is 85.0 Å². The van der Waals surface area contributed by atoms with Gasteiger partial charge in [-0.3, -0.25) is 9.59 Å². The average molecular weight is 396 g/mol. The number of hydrogen-bond acceptors (Lipinski definition) is 4. The summed E-state index contributed by atoms with van der Waals surface area (Å²) in [6.45, 7) is 8.26. The summed E-state index contributed by atoms with van der Waals surface area (Å²) in [6.07, 6.45) is 10.3. The van der Waals surface area contributed by atoms with Crippen molar-refractivity contribution in [1.29, 1.82) is 0 Å². The molecule has 162 valence electrons. The highest BCUT2D eigenvalue weighted by Gasteiger charge is 2.25. The smallest absolute Gasteiger partial charge is 0.220 e. The SMILES string of the molecule is CC(=O)C1CCC(NC(=O)CCCOCC2CCC(COC(C)C)CC2)CC1. The number of nitrogens with one attached hydrogen (secondary N) is 1. The fourth-order valence-corrected chi connectivity index (χ4v) is 4.42. The first-order valence-corrected chi connectivity index (χ1v) is 11.4. The average Bonchev–Trinajstić information content (AvgIpc) is 2.67. The number of carbonyl (C=O) groups excluding carboxylic acids is 2. The van der Waals surface area contributed by atoms with E-state index in [0.29, 0.717) is 36.8 Å². The quantitative estimate of drug-likeness (QED) is 0.530. The minimum Gasteiger partial charge on any atom is -0.381 e. The maximum absolute atomic E-state index is 12.1. The third-order valence-electron chi connectivity index (χ3n) is 6.34. The molecule has 2 aliphatic rings. The van der Waals surface area contributed by atoms with Crippen molar-refractivity contribution in [2.45, 2.75) is 97.1 Å². The highest BCUT2D eigenvalue weighted by molar-refractivity contribution is 5.78. The molecule has 0 aromatic rings. The Kier molecular flexibility index (Phi) is 10.5. The van der Waals surface area contributed by atoms with Gasteiger partial charge in [0.2, 0.25) is 5.91 Å². The molecule has 0 radical (unpaired) electrons. The van der Waals surface area contributed by atoms with E-state index in [9.17, 15) is 9.59 Å². The van der Waals surface area contributed by atoms with Gasteiger partial charge in [-0.2, -0.15) is 0 Å². The summed E-state index contributed by atoms with van der Waals surface area (Å²) >= 11 is 0. The molecule has 0 aromatic heterocycles. The summed E-state index contributed by atoms with van der Waals surface area (Å²) in [6, 6.07) is 0.249. The van der Waals surface area contributed by atoms with Crippen LogP contribution in [0.4, 0.5) is 0 Å². The topological polar surface area (TPSA) is 64.6 Å². The summed E-state index contributed by atoms with van der Waals surface area (Å²) in [5.74, 6) is 2.01. The van der Waals surface area contributed by atoms with Crippen LogP contribution in [0.25, 0.3) is 0 Å². The molecule has 5 heteroatoms. The first kappa shape index (κ1) is 23.3. The van der Waals surface area contributed by atoms with Crippen LogP contribution in [0.15, 0.2) is 0 Å². The lowest BCUT2D eigenvalue weighted by Gasteiger charge is -2.28. The molecule has 0 saturated heterocycles. The zero-order valence-electron chi connectivity index (χ0n) is 18.2.